The number of sulfonamides is 1. The number of benzene rings is 2. The monoisotopic (exact) mass is 345 g/mol. The van der Waals surface area contributed by atoms with E-state index in [4.69, 9.17) is 5.11 Å². The summed E-state index contributed by atoms with van der Waals surface area (Å²) in [6.45, 7) is 3.51. The standard InChI is InChI=1S/C16H15N3O4S/c1-9-3-5-11(7-12(9)16(20)21)24(22,23)19-14-6-4-10(2)13-8-17-18-15(13)14/h3-8,19H,1-2H3,(H,17,18)(H,20,21). The van der Waals surface area contributed by atoms with E-state index in [0.717, 1.165) is 17.0 Å². The van der Waals surface area contributed by atoms with Gasteiger partial charge in [0.1, 0.15) is 0 Å². The average molecular weight is 345 g/mol. The predicted molar refractivity (Wildman–Crippen MR) is 89.8 cm³/mol. The summed E-state index contributed by atoms with van der Waals surface area (Å²) >= 11 is 0. The van der Waals surface area contributed by atoms with E-state index in [2.05, 4.69) is 14.9 Å². The number of hydrogen-bond donors (Lipinski definition) is 3. The molecule has 0 bridgehead atoms. The normalized spacial score (nSPS) is 11.6. The molecule has 0 saturated heterocycles. The zero-order valence-electron chi connectivity index (χ0n) is 13.0. The van der Waals surface area contributed by atoms with Crippen LogP contribution in [0.3, 0.4) is 0 Å². The van der Waals surface area contributed by atoms with Gasteiger partial charge in [0.15, 0.2) is 0 Å². The minimum Gasteiger partial charge on any atom is -0.478 e. The summed E-state index contributed by atoms with van der Waals surface area (Å²) in [5.74, 6) is -1.17. The Hall–Kier alpha value is -2.87. The molecule has 3 N–H and O–H groups in total. The maximum absolute atomic E-state index is 12.6. The van der Waals surface area contributed by atoms with Gasteiger partial charge in [-0.1, -0.05) is 12.1 Å². The number of carbonyl (C=O) groups is 1. The molecule has 7 nitrogen and oxygen atoms in total. The number of anilines is 1. The van der Waals surface area contributed by atoms with Gasteiger partial charge in [0.2, 0.25) is 0 Å². The van der Waals surface area contributed by atoms with Crippen LogP contribution in [0.1, 0.15) is 21.5 Å². The molecule has 0 fully saturated rings. The molecular weight excluding hydrogens is 330 g/mol. The van der Waals surface area contributed by atoms with Crippen LogP contribution in [0.2, 0.25) is 0 Å². The van der Waals surface area contributed by atoms with Crippen LogP contribution in [0.25, 0.3) is 10.9 Å². The molecule has 0 aliphatic carbocycles. The van der Waals surface area contributed by atoms with E-state index >= 15 is 0 Å². The number of aromatic nitrogens is 2. The van der Waals surface area contributed by atoms with E-state index in [1.807, 2.05) is 6.92 Å². The Morgan fingerprint density at radius 2 is 1.88 bits per heavy atom. The SMILES string of the molecule is Cc1ccc(S(=O)(=O)Nc2ccc(C)c3cn[nH]c23)cc1C(=O)O. The molecule has 0 unspecified atom stereocenters. The van der Waals surface area contributed by atoms with Crippen molar-refractivity contribution >= 4 is 32.6 Å². The third-order valence-electron chi connectivity index (χ3n) is 3.83. The molecule has 1 heterocycles. The van der Waals surface area contributed by atoms with Crippen LogP contribution in [-0.4, -0.2) is 29.7 Å². The van der Waals surface area contributed by atoms with E-state index in [1.54, 1.807) is 25.3 Å². The fourth-order valence-corrected chi connectivity index (χ4v) is 3.56. The van der Waals surface area contributed by atoms with Gasteiger partial charge in [-0.2, -0.15) is 5.10 Å². The minimum atomic E-state index is -3.93. The number of fused-ring (bicyclic) bond motifs is 1. The van der Waals surface area contributed by atoms with Gasteiger partial charge in [-0.15, -0.1) is 0 Å². The molecule has 1 aromatic heterocycles. The number of H-pyrrole nitrogens is 1. The van der Waals surface area contributed by atoms with Gasteiger partial charge in [0, 0.05) is 5.39 Å². The zero-order chi connectivity index (χ0) is 17.5. The molecule has 0 saturated carbocycles. The number of carboxylic acids is 1. The lowest BCUT2D eigenvalue weighted by Gasteiger charge is -2.11. The van der Waals surface area contributed by atoms with E-state index in [1.165, 1.54) is 12.1 Å². The maximum Gasteiger partial charge on any atom is 0.335 e. The molecule has 124 valence electrons. The smallest absolute Gasteiger partial charge is 0.335 e. The van der Waals surface area contributed by atoms with Crippen molar-refractivity contribution in [1.82, 2.24) is 10.2 Å². The number of aromatic carboxylic acids is 1. The highest BCUT2D eigenvalue weighted by molar-refractivity contribution is 7.92. The number of aromatic amines is 1. The van der Waals surface area contributed by atoms with Crippen LogP contribution >= 0.6 is 0 Å². The van der Waals surface area contributed by atoms with Gasteiger partial charge in [-0.05, 0) is 43.2 Å². The molecular formula is C16H15N3O4S. The summed E-state index contributed by atoms with van der Waals surface area (Å²) in [6.07, 6.45) is 1.62. The lowest BCUT2D eigenvalue weighted by atomic mass is 10.1. The molecule has 0 amide bonds. The van der Waals surface area contributed by atoms with Crippen LogP contribution < -0.4 is 4.72 Å². The Bertz CT molecular complexity index is 1050. The van der Waals surface area contributed by atoms with Gasteiger partial charge in [0.25, 0.3) is 10.0 Å². The van der Waals surface area contributed by atoms with Crippen molar-refractivity contribution in [1.29, 1.82) is 0 Å². The fourth-order valence-electron chi connectivity index (χ4n) is 2.46. The molecule has 0 spiro atoms. The van der Waals surface area contributed by atoms with E-state index in [-0.39, 0.29) is 10.5 Å². The van der Waals surface area contributed by atoms with Gasteiger partial charge in [-0.25, -0.2) is 13.2 Å². The zero-order valence-corrected chi connectivity index (χ0v) is 13.8. The van der Waals surface area contributed by atoms with Crippen LogP contribution in [0, 0.1) is 13.8 Å². The number of rotatable bonds is 4. The summed E-state index contributed by atoms with van der Waals surface area (Å²) in [5, 5.41) is 16.7. The van der Waals surface area contributed by atoms with Crippen LogP contribution in [0.4, 0.5) is 5.69 Å². The number of nitrogens with zero attached hydrogens (tertiary/aromatic N) is 1. The summed E-state index contributed by atoms with van der Waals surface area (Å²) < 4.78 is 27.7. The second kappa shape index (κ2) is 5.64. The van der Waals surface area contributed by atoms with E-state index < -0.39 is 16.0 Å². The van der Waals surface area contributed by atoms with Gasteiger partial charge >= 0.3 is 5.97 Å². The summed E-state index contributed by atoms with van der Waals surface area (Å²) in [7, 11) is -3.93. The highest BCUT2D eigenvalue weighted by Gasteiger charge is 2.19. The molecule has 0 radical (unpaired) electrons. The molecule has 0 aliphatic rings. The first-order chi connectivity index (χ1) is 11.3. The second-order valence-corrected chi connectivity index (χ2v) is 7.16. The third kappa shape index (κ3) is 2.71. The van der Waals surface area contributed by atoms with Crippen molar-refractivity contribution in [3.05, 3.63) is 53.2 Å². The molecule has 8 heteroatoms. The summed E-state index contributed by atoms with van der Waals surface area (Å²) in [4.78, 5) is 11.1. The first kappa shape index (κ1) is 16.0. The molecule has 2 aromatic carbocycles. The van der Waals surface area contributed by atoms with Crippen molar-refractivity contribution < 1.29 is 18.3 Å². The summed E-state index contributed by atoms with van der Waals surface area (Å²) in [5.41, 5.74) is 2.33. The van der Waals surface area contributed by atoms with E-state index in [9.17, 15) is 13.2 Å². The Labute approximate surface area is 138 Å². The number of carboxylic acid groups (broad SMARTS) is 1. The van der Waals surface area contributed by atoms with Crippen LogP contribution in [0.5, 0.6) is 0 Å². The third-order valence-corrected chi connectivity index (χ3v) is 5.19. The van der Waals surface area contributed by atoms with Gasteiger partial charge in [0.05, 0.1) is 27.9 Å². The molecule has 3 aromatic rings. The van der Waals surface area contributed by atoms with Crippen molar-refractivity contribution in [2.75, 3.05) is 4.72 Å². The van der Waals surface area contributed by atoms with Crippen molar-refractivity contribution in [2.45, 2.75) is 18.7 Å². The predicted octanol–water partition coefficient (Wildman–Crippen LogP) is 2.68. The summed E-state index contributed by atoms with van der Waals surface area (Å²) in [6, 6.07) is 7.42. The Morgan fingerprint density at radius 1 is 1.17 bits per heavy atom. The largest absolute Gasteiger partial charge is 0.478 e. The van der Waals surface area contributed by atoms with Crippen molar-refractivity contribution in [3.63, 3.8) is 0 Å². The Balaban J connectivity index is 2.05. The lowest BCUT2D eigenvalue weighted by Crippen LogP contribution is -2.14. The Morgan fingerprint density at radius 3 is 2.58 bits per heavy atom. The van der Waals surface area contributed by atoms with E-state index in [0.29, 0.717) is 16.8 Å². The van der Waals surface area contributed by atoms with Gasteiger partial charge in [-0.3, -0.25) is 9.82 Å². The fraction of sp³-hybridized carbons (Fsp3) is 0.125. The quantitative estimate of drug-likeness (QED) is 0.673. The van der Waals surface area contributed by atoms with Crippen LogP contribution in [0.15, 0.2) is 41.4 Å². The maximum atomic E-state index is 12.6. The van der Waals surface area contributed by atoms with Gasteiger partial charge < -0.3 is 5.11 Å². The first-order valence-electron chi connectivity index (χ1n) is 7.09. The molecule has 0 atom stereocenters. The number of aryl methyl sites for hydroxylation is 2. The second-order valence-electron chi connectivity index (χ2n) is 5.48. The lowest BCUT2D eigenvalue weighted by molar-refractivity contribution is 0.0696. The number of hydrogen-bond acceptors (Lipinski definition) is 4. The first-order valence-corrected chi connectivity index (χ1v) is 8.57. The molecule has 0 aliphatic heterocycles. The average Bonchev–Trinajstić information content (AvgIpc) is 3.00. The topological polar surface area (TPSA) is 112 Å². The highest BCUT2D eigenvalue weighted by Crippen LogP contribution is 2.27. The molecule has 24 heavy (non-hydrogen) atoms. The Kier molecular flexibility index (Phi) is 3.76. The molecule has 3 rings (SSSR count). The minimum absolute atomic E-state index is 0.0477. The number of nitrogens with one attached hydrogen (secondary N) is 2. The van der Waals surface area contributed by atoms with Crippen molar-refractivity contribution in [2.24, 2.45) is 0 Å². The van der Waals surface area contributed by atoms with Crippen LogP contribution in [-0.2, 0) is 10.0 Å². The highest BCUT2D eigenvalue weighted by atomic mass is 32.2. The van der Waals surface area contributed by atoms with Crippen molar-refractivity contribution in [3.8, 4) is 0 Å².